The Labute approximate surface area is 123 Å². The Morgan fingerprint density at radius 2 is 2.05 bits per heavy atom. The first-order chi connectivity index (χ1) is 9.72. The summed E-state index contributed by atoms with van der Waals surface area (Å²) in [5.74, 6) is 0.113. The highest BCUT2D eigenvalue weighted by atomic mass is 32.1. The van der Waals surface area contributed by atoms with Gasteiger partial charge in [0, 0.05) is 19.1 Å². The van der Waals surface area contributed by atoms with Crippen LogP contribution < -0.4 is 5.32 Å². The van der Waals surface area contributed by atoms with Gasteiger partial charge in [0.1, 0.15) is 0 Å². The maximum atomic E-state index is 12.1. The lowest BCUT2D eigenvalue weighted by atomic mass is 9.96. The lowest BCUT2D eigenvalue weighted by Gasteiger charge is -2.17. The van der Waals surface area contributed by atoms with Gasteiger partial charge in [-0.1, -0.05) is 30.3 Å². The van der Waals surface area contributed by atoms with Gasteiger partial charge in [0.2, 0.25) is 0 Å². The van der Waals surface area contributed by atoms with Gasteiger partial charge in [0.25, 0.3) is 5.91 Å². The molecule has 0 bridgehead atoms. The smallest absolute Gasteiger partial charge is 0.261 e. The molecule has 20 heavy (non-hydrogen) atoms. The van der Waals surface area contributed by atoms with Crippen LogP contribution in [0.5, 0.6) is 0 Å². The van der Waals surface area contributed by atoms with Crippen LogP contribution in [-0.2, 0) is 0 Å². The first-order valence-electron chi connectivity index (χ1n) is 6.70. The number of rotatable bonds is 6. The molecular weight excluding hydrogens is 270 g/mol. The van der Waals surface area contributed by atoms with Crippen molar-refractivity contribution in [3.63, 3.8) is 0 Å². The van der Waals surface area contributed by atoms with E-state index in [1.807, 2.05) is 48.7 Å². The van der Waals surface area contributed by atoms with Gasteiger partial charge in [-0.15, -0.1) is 11.3 Å². The minimum absolute atomic E-state index is 0.0311. The summed E-state index contributed by atoms with van der Waals surface area (Å²) < 4.78 is 0. The standard InChI is InChI=1S/C16H19NO2S/c1-12-8-10-20-15(12)16(19)17-11-14(7-9-18)13-5-3-2-4-6-13/h2-6,8,10,14,18H,7,9,11H2,1H3,(H,17,19). The number of nitrogens with one attached hydrogen (secondary N) is 1. The van der Waals surface area contributed by atoms with Gasteiger partial charge in [0.15, 0.2) is 0 Å². The summed E-state index contributed by atoms with van der Waals surface area (Å²) >= 11 is 1.46. The Kier molecular flexibility index (Phi) is 5.32. The molecule has 1 heterocycles. The Balaban J connectivity index is 1.99. The third-order valence-electron chi connectivity index (χ3n) is 3.33. The van der Waals surface area contributed by atoms with Gasteiger partial charge in [-0.3, -0.25) is 4.79 Å². The van der Waals surface area contributed by atoms with Gasteiger partial charge in [-0.2, -0.15) is 0 Å². The molecule has 4 heteroatoms. The number of aliphatic hydroxyl groups is 1. The summed E-state index contributed by atoms with van der Waals surface area (Å²) in [6, 6.07) is 11.9. The zero-order valence-electron chi connectivity index (χ0n) is 11.5. The van der Waals surface area contributed by atoms with Crippen molar-refractivity contribution in [2.75, 3.05) is 13.2 Å². The van der Waals surface area contributed by atoms with E-state index in [1.165, 1.54) is 11.3 Å². The quantitative estimate of drug-likeness (QED) is 0.859. The Bertz CT molecular complexity index is 551. The zero-order valence-corrected chi connectivity index (χ0v) is 12.3. The highest BCUT2D eigenvalue weighted by Crippen LogP contribution is 2.19. The number of hydrogen-bond donors (Lipinski definition) is 2. The number of carbonyl (C=O) groups excluding carboxylic acids is 1. The van der Waals surface area contributed by atoms with Crippen LogP contribution in [0, 0.1) is 6.92 Å². The average molecular weight is 289 g/mol. The summed E-state index contributed by atoms with van der Waals surface area (Å²) in [4.78, 5) is 12.9. The van der Waals surface area contributed by atoms with Crippen molar-refractivity contribution in [3.05, 3.63) is 57.8 Å². The van der Waals surface area contributed by atoms with Gasteiger partial charge in [-0.25, -0.2) is 0 Å². The number of aliphatic hydroxyl groups excluding tert-OH is 1. The van der Waals surface area contributed by atoms with Crippen LogP contribution in [0.1, 0.15) is 33.1 Å². The molecule has 1 unspecified atom stereocenters. The van der Waals surface area contributed by atoms with E-state index < -0.39 is 0 Å². The summed E-state index contributed by atoms with van der Waals surface area (Å²) in [7, 11) is 0. The maximum absolute atomic E-state index is 12.1. The number of aryl methyl sites for hydroxylation is 1. The fraction of sp³-hybridized carbons (Fsp3) is 0.312. The number of hydrogen-bond acceptors (Lipinski definition) is 3. The van der Waals surface area contributed by atoms with E-state index >= 15 is 0 Å². The molecular formula is C16H19NO2S. The maximum Gasteiger partial charge on any atom is 0.261 e. The lowest BCUT2D eigenvalue weighted by molar-refractivity contribution is 0.0953. The monoisotopic (exact) mass is 289 g/mol. The fourth-order valence-electron chi connectivity index (χ4n) is 2.17. The van der Waals surface area contributed by atoms with Crippen molar-refractivity contribution < 1.29 is 9.90 Å². The molecule has 3 nitrogen and oxygen atoms in total. The zero-order chi connectivity index (χ0) is 14.4. The van der Waals surface area contributed by atoms with Crippen molar-refractivity contribution in [2.45, 2.75) is 19.3 Å². The predicted molar refractivity (Wildman–Crippen MR) is 82.3 cm³/mol. The molecule has 2 rings (SSSR count). The summed E-state index contributed by atoms with van der Waals surface area (Å²) in [6.07, 6.45) is 0.647. The first kappa shape index (κ1) is 14.8. The minimum Gasteiger partial charge on any atom is -0.396 e. The molecule has 0 aliphatic carbocycles. The fourth-order valence-corrected chi connectivity index (χ4v) is 3.01. The molecule has 0 saturated heterocycles. The number of thiophene rings is 1. The summed E-state index contributed by atoms with van der Waals surface area (Å²) in [5, 5.41) is 14.1. The van der Waals surface area contributed by atoms with Gasteiger partial charge in [-0.05, 0) is 35.9 Å². The topological polar surface area (TPSA) is 49.3 Å². The molecule has 0 aliphatic heterocycles. The molecule has 0 radical (unpaired) electrons. The van der Waals surface area contributed by atoms with Crippen molar-refractivity contribution in [2.24, 2.45) is 0 Å². The molecule has 106 valence electrons. The molecule has 1 aromatic carbocycles. The highest BCUT2D eigenvalue weighted by Gasteiger charge is 2.15. The molecule has 1 amide bonds. The molecule has 1 aromatic heterocycles. The van der Waals surface area contributed by atoms with E-state index in [2.05, 4.69) is 5.32 Å². The Morgan fingerprint density at radius 3 is 2.65 bits per heavy atom. The molecule has 1 atom stereocenters. The third-order valence-corrected chi connectivity index (χ3v) is 4.34. The summed E-state index contributed by atoms with van der Waals surface area (Å²) in [5.41, 5.74) is 2.15. The minimum atomic E-state index is -0.0311. The second kappa shape index (κ2) is 7.22. The lowest BCUT2D eigenvalue weighted by Crippen LogP contribution is -2.28. The second-order valence-corrected chi connectivity index (χ2v) is 5.68. The van der Waals surface area contributed by atoms with Crippen LogP contribution in [0.2, 0.25) is 0 Å². The van der Waals surface area contributed by atoms with E-state index in [4.69, 9.17) is 0 Å². The normalized spacial score (nSPS) is 12.1. The highest BCUT2D eigenvalue weighted by molar-refractivity contribution is 7.12. The van der Waals surface area contributed by atoms with Crippen LogP contribution in [0.25, 0.3) is 0 Å². The van der Waals surface area contributed by atoms with Crippen LogP contribution in [-0.4, -0.2) is 24.2 Å². The molecule has 2 N–H and O–H groups in total. The molecule has 2 aromatic rings. The molecule has 0 saturated carbocycles. The summed E-state index contributed by atoms with van der Waals surface area (Å²) in [6.45, 7) is 2.60. The average Bonchev–Trinajstić information content (AvgIpc) is 2.90. The number of amides is 1. The second-order valence-electron chi connectivity index (χ2n) is 4.76. The van der Waals surface area contributed by atoms with Gasteiger partial charge in [0.05, 0.1) is 4.88 Å². The van der Waals surface area contributed by atoms with E-state index in [9.17, 15) is 9.90 Å². The van der Waals surface area contributed by atoms with E-state index in [0.29, 0.717) is 13.0 Å². The van der Waals surface area contributed by atoms with Gasteiger partial charge < -0.3 is 10.4 Å². The van der Waals surface area contributed by atoms with Gasteiger partial charge >= 0.3 is 0 Å². The van der Waals surface area contributed by atoms with Crippen molar-refractivity contribution in [3.8, 4) is 0 Å². The molecule has 0 aliphatic rings. The SMILES string of the molecule is Cc1ccsc1C(=O)NCC(CCO)c1ccccc1. The number of benzene rings is 1. The van der Waals surface area contributed by atoms with Crippen LogP contribution in [0.4, 0.5) is 0 Å². The van der Waals surface area contributed by atoms with Crippen molar-refractivity contribution in [1.82, 2.24) is 5.32 Å². The van der Waals surface area contributed by atoms with E-state index in [0.717, 1.165) is 16.0 Å². The Hall–Kier alpha value is -1.65. The van der Waals surface area contributed by atoms with Crippen molar-refractivity contribution >= 4 is 17.2 Å². The van der Waals surface area contributed by atoms with Crippen LogP contribution in [0.3, 0.4) is 0 Å². The van der Waals surface area contributed by atoms with Crippen LogP contribution in [0.15, 0.2) is 41.8 Å². The van der Waals surface area contributed by atoms with Crippen LogP contribution >= 0.6 is 11.3 Å². The molecule has 0 fully saturated rings. The largest absolute Gasteiger partial charge is 0.396 e. The predicted octanol–water partition coefficient (Wildman–Crippen LogP) is 2.95. The van der Waals surface area contributed by atoms with E-state index in [-0.39, 0.29) is 18.4 Å². The first-order valence-corrected chi connectivity index (χ1v) is 7.58. The Morgan fingerprint density at radius 1 is 1.30 bits per heavy atom. The number of carbonyl (C=O) groups is 1. The van der Waals surface area contributed by atoms with E-state index in [1.54, 1.807) is 0 Å². The molecule has 0 spiro atoms. The third kappa shape index (κ3) is 3.68. The van der Waals surface area contributed by atoms with Crippen molar-refractivity contribution in [1.29, 1.82) is 0 Å².